The summed E-state index contributed by atoms with van der Waals surface area (Å²) in [7, 11) is -1.90. The molecule has 5 heteroatoms. The zero-order valence-corrected chi connectivity index (χ0v) is 13.5. The van der Waals surface area contributed by atoms with Crippen molar-refractivity contribution in [2.75, 3.05) is 7.11 Å². The molecule has 1 saturated carbocycles. The molecule has 0 spiro atoms. The Labute approximate surface area is 131 Å². The maximum absolute atomic E-state index is 12.6. The first-order valence-corrected chi connectivity index (χ1v) is 8.69. The lowest BCUT2D eigenvalue weighted by molar-refractivity contribution is 0.414. The maximum atomic E-state index is 12.6. The Morgan fingerprint density at radius 2 is 1.59 bits per heavy atom. The van der Waals surface area contributed by atoms with Gasteiger partial charge < -0.3 is 4.74 Å². The molecule has 0 atom stereocenters. The van der Waals surface area contributed by atoms with Crippen molar-refractivity contribution < 1.29 is 13.2 Å². The van der Waals surface area contributed by atoms with E-state index in [0.29, 0.717) is 4.90 Å². The van der Waals surface area contributed by atoms with Crippen LogP contribution >= 0.6 is 0 Å². The molecule has 1 aliphatic carbocycles. The number of rotatable bonds is 5. The van der Waals surface area contributed by atoms with Gasteiger partial charge in [-0.2, -0.15) is 0 Å². The normalized spacial score (nSPS) is 16.3. The molecule has 3 rings (SSSR count). The van der Waals surface area contributed by atoms with E-state index in [2.05, 4.69) is 4.72 Å². The van der Waals surface area contributed by atoms with Crippen molar-refractivity contribution in [3.8, 4) is 5.75 Å². The van der Waals surface area contributed by atoms with Crippen LogP contribution in [0.5, 0.6) is 5.75 Å². The minimum atomic E-state index is -3.52. The topological polar surface area (TPSA) is 55.4 Å². The van der Waals surface area contributed by atoms with Gasteiger partial charge in [0.1, 0.15) is 5.75 Å². The van der Waals surface area contributed by atoms with Crippen LogP contribution in [-0.2, 0) is 15.6 Å². The molecular weight excluding hydrogens is 298 g/mol. The standard InChI is InChI=1S/C17H19NO3S/c1-13-3-9-16(10-4-13)22(19,20)18-17(11-12-17)14-5-7-15(21-2)8-6-14/h3-10,18H,11-12H2,1-2H3. The van der Waals surface area contributed by atoms with Gasteiger partial charge in [0.25, 0.3) is 0 Å². The molecule has 1 N–H and O–H groups in total. The maximum Gasteiger partial charge on any atom is 0.241 e. The molecule has 0 radical (unpaired) electrons. The summed E-state index contributed by atoms with van der Waals surface area (Å²) in [5.41, 5.74) is 1.54. The summed E-state index contributed by atoms with van der Waals surface area (Å²) in [5.74, 6) is 0.765. The Bertz CT molecular complexity index is 761. The van der Waals surface area contributed by atoms with Gasteiger partial charge in [0.2, 0.25) is 10.0 Å². The number of hydrogen-bond donors (Lipinski definition) is 1. The van der Waals surface area contributed by atoms with Crippen molar-refractivity contribution in [1.29, 1.82) is 0 Å². The van der Waals surface area contributed by atoms with Crippen molar-refractivity contribution >= 4 is 10.0 Å². The van der Waals surface area contributed by atoms with E-state index >= 15 is 0 Å². The summed E-state index contributed by atoms with van der Waals surface area (Å²) < 4.78 is 33.1. The summed E-state index contributed by atoms with van der Waals surface area (Å²) >= 11 is 0. The fourth-order valence-electron chi connectivity index (χ4n) is 2.52. The van der Waals surface area contributed by atoms with Crippen LogP contribution in [0, 0.1) is 6.92 Å². The molecule has 0 amide bonds. The van der Waals surface area contributed by atoms with Crippen molar-refractivity contribution in [2.24, 2.45) is 0 Å². The predicted molar refractivity (Wildman–Crippen MR) is 85.4 cm³/mol. The van der Waals surface area contributed by atoms with Crippen LogP contribution < -0.4 is 9.46 Å². The summed E-state index contributed by atoms with van der Waals surface area (Å²) in [6.07, 6.45) is 1.62. The van der Waals surface area contributed by atoms with Gasteiger partial charge in [-0.1, -0.05) is 29.8 Å². The van der Waals surface area contributed by atoms with Crippen LogP contribution in [0.1, 0.15) is 24.0 Å². The van der Waals surface area contributed by atoms with Crippen LogP contribution in [-0.4, -0.2) is 15.5 Å². The second-order valence-corrected chi connectivity index (χ2v) is 7.41. The lowest BCUT2D eigenvalue weighted by Crippen LogP contribution is -2.34. The fourth-order valence-corrected chi connectivity index (χ4v) is 3.97. The molecule has 0 saturated heterocycles. The van der Waals surface area contributed by atoms with Gasteiger partial charge in [0.05, 0.1) is 17.5 Å². The number of aryl methyl sites for hydroxylation is 1. The van der Waals surface area contributed by atoms with Crippen molar-refractivity contribution in [3.05, 3.63) is 59.7 Å². The highest BCUT2D eigenvalue weighted by atomic mass is 32.2. The molecule has 2 aromatic rings. The molecule has 0 aliphatic heterocycles. The molecule has 0 heterocycles. The molecule has 0 bridgehead atoms. The van der Waals surface area contributed by atoms with Gasteiger partial charge in [0.15, 0.2) is 0 Å². The SMILES string of the molecule is COc1ccc(C2(NS(=O)(=O)c3ccc(C)cc3)CC2)cc1. The summed E-state index contributed by atoms with van der Waals surface area (Å²) in [6.45, 7) is 1.93. The highest BCUT2D eigenvalue weighted by Gasteiger charge is 2.47. The third-order valence-corrected chi connectivity index (χ3v) is 5.61. The molecule has 116 valence electrons. The van der Waals surface area contributed by atoms with Gasteiger partial charge in [0, 0.05) is 0 Å². The average Bonchev–Trinajstić information content (AvgIpc) is 3.28. The number of methoxy groups -OCH3 is 1. The summed E-state index contributed by atoms with van der Waals surface area (Å²) in [5, 5.41) is 0. The molecule has 1 aliphatic rings. The largest absolute Gasteiger partial charge is 0.497 e. The first-order valence-electron chi connectivity index (χ1n) is 7.20. The Balaban J connectivity index is 1.86. The third-order valence-electron chi connectivity index (χ3n) is 4.05. The van der Waals surface area contributed by atoms with E-state index in [1.165, 1.54) is 0 Å². The van der Waals surface area contributed by atoms with Crippen LogP contribution in [0.25, 0.3) is 0 Å². The Hall–Kier alpha value is -1.85. The lowest BCUT2D eigenvalue weighted by atomic mass is 10.1. The number of ether oxygens (including phenoxy) is 1. The first-order chi connectivity index (χ1) is 10.5. The van der Waals surface area contributed by atoms with Gasteiger partial charge in [-0.25, -0.2) is 13.1 Å². The molecule has 4 nitrogen and oxygen atoms in total. The Morgan fingerprint density at radius 1 is 1.00 bits per heavy atom. The number of sulfonamides is 1. The first kappa shape index (κ1) is 15.1. The highest BCUT2D eigenvalue weighted by molar-refractivity contribution is 7.89. The molecule has 0 aromatic heterocycles. The quantitative estimate of drug-likeness (QED) is 0.922. The zero-order valence-electron chi connectivity index (χ0n) is 12.7. The van der Waals surface area contributed by atoms with Crippen LogP contribution in [0.15, 0.2) is 53.4 Å². The molecule has 0 unspecified atom stereocenters. The smallest absolute Gasteiger partial charge is 0.241 e. The van der Waals surface area contributed by atoms with E-state index in [-0.39, 0.29) is 0 Å². The van der Waals surface area contributed by atoms with E-state index in [9.17, 15) is 8.42 Å². The molecule has 22 heavy (non-hydrogen) atoms. The Kier molecular flexibility index (Phi) is 3.70. The van der Waals surface area contributed by atoms with Crippen molar-refractivity contribution in [1.82, 2.24) is 4.72 Å². The Morgan fingerprint density at radius 3 is 2.09 bits per heavy atom. The van der Waals surface area contributed by atoms with Crippen molar-refractivity contribution in [2.45, 2.75) is 30.2 Å². The van der Waals surface area contributed by atoms with E-state index in [1.54, 1.807) is 19.2 Å². The molecule has 1 fully saturated rings. The van der Waals surface area contributed by atoms with Crippen molar-refractivity contribution in [3.63, 3.8) is 0 Å². The predicted octanol–water partition coefficient (Wildman–Crippen LogP) is 2.97. The second kappa shape index (κ2) is 5.41. The van der Waals surface area contributed by atoms with E-state index in [0.717, 1.165) is 29.7 Å². The average molecular weight is 317 g/mol. The lowest BCUT2D eigenvalue weighted by Gasteiger charge is -2.18. The van der Waals surface area contributed by atoms with E-state index in [4.69, 9.17) is 4.74 Å². The van der Waals surface area contributed by atoms with Crippen LogP contribution in [0.3, 0.4) is 0 Å². The number of nitrogens with one attached hydrogen (secondary N) is 1. The summed E-state index contributed by atoms with van der Waals surface area (Å²) in [6, 6.07) is 14.4. The fraction of sp³-hybridized carbons (Fsp3) is 0.294. The number of benzene rings is 2. The van der Waals surface area contributed by atoms with Gasteiger partial charge in [-0.15, -0.1) is 0 Å². The third kappa shape index (κ3) is 2.87. The highest BCUT2D eigenvalue weighted by Crippen LogP contribution is 2.46. The number of hydrogen-bond acceptors (Lipinski definition) is 3. The van der Waals surface area contributed by atoms with Crippen LogP contribution in [0.2, 0.25) is 0 Å². The van der Waals surface area contributed by atoms with Gasteiger partial charge >= 0.3 is 0 Å². The van der Waals surface area contributed by atoms with E-state index < -0.39 is 15.6 Å². The van der Waals surface area contributed by atoms with Crippen LogP contribution in [0.4, 0.5) is 0 Å². The van der Waals surface area contributed by atoms with E-state index in [1.807, 2.05) is 43.3 Å². The monoisotopic (exact) mass is 317 g/mol. The minimum absolute atomic E-state index is 0.304. The molecule has 2 aromatic carbocycles. The molecular formula is C17H19NO3S. The zero-order chi connectivity index (χ0) is 15.8. The minimum Gasteiger partial charge on any atom is -0.497 e. The summed E-state index contributed by atoms with van der Waals surface area (Å²) in [4.78, 5) is 0.304. The van der Waals surface area contributed by atoms with Gasteiger partial charge in [-0.05, 0) is 49.6 Å². The van der Waals surface area contributed by atoms with Gasteiger partial charge in [-0.3, -0.25) is 0 Å². The second-order valence-electron chi connectivity index (χ2n) is 5.73.